The fraction of sp³-hybridized carbons (Fsp3) is 0.400. The molecule has 1 heterocycles. The van der Waals surface area contributed by atoms with E-state index in [1.807, 2.05) is 50.2 Å². The van der Waals surface area contributed by atoms with Gasteiger partial charge in [-0.05, 0) is 54.7 Å². The standard InChI is InChI=1S/C20H25NO4S/c1-14-7-5-6-8-16(14)13-26(22,23)21-12-18-11-20(25-4)19(24-3)10-17(18)9-15(21)2/h5-8,10-11,15H,9,12-13H2,1-4H3. The number of sulfonamides is 1. The average molecular weight is 375 g/mol. The Kier molecular flexibility index (Phi) is 5.25. The Labute approximate surface area is 155 Å². The second-order valence-corrected chi connectivity index (χ2v) is 8.68. The number of methoxy groups -OCH3 is 2. The Balaban J connectivity index is 1.91. The third-order valence-electron chi connectivity index (χ3n) is 5.00. The van der Waals surface area contributed by atoms with Crippen LogP contribution in [0.2, 0.25) is 0 Å². The van der Waals surface area contributed by atoms with E-state index in [1.54, 1.807) is 18.5 Å². The molecule has 0 amide bonds. The molecule has 0 aromatic heterocycles. The minimum Gasteiger partial charge on any atom is -0.493 e. The lowest BCUT2D eigenvalue weighted by molar-refractivity contribution is 0.304. The molecule has 0 spiro atoms. The maximum absolute atomic E-state index is 13.1. The molecule has 0 bridgehead atoms. The quantitative estimate of drug-likeness (QED) is 0.805. The van der Waals surface area contributed by atoms with Crippen LogP contribution >= 0.6 is 0 Å². The van der Waals surface area contributed by atoms with E-state index < -0.39 is 10.0 Å². The van der Waals surface area contributed by atoms with E-state index in [-0.39, 0.29) is 11.8 Å². The van der Waals surface area contributed by atoms with Gasteiger partial charge in [0.25, 0.3) is 0 Å². The first-order valence-electron chi connectivity index (χ1n) is 8.63. The number of ether oxygens (including phenoxy) is 2. The molecule has 1 atom stereocenters. The Morgan fingerprint density at radius 2 is 1.69 bits per heavy atom. The molecule has 1 aliphatic rings. The summed E-state index contributed by atoms with van der Waals surface area (Å²) in [5.41, 5.74) is 3.91. The number of benzene rings is 2. The summed E-state index contributed by atoms with van der Waals surface area (Å²) in [4.78, 5) is 0. The Morgan fingerprint density at radius 3 is 2.31 bits per heavy atom. The molecule has 0 saturated heterocycles. The number of hydrogen-bond acceptors (Lipinski definition) is 4. The van der Waals surface area contributed by atoms with Crippen LogP contribution in [0.4, 0.5) is 0 Å². The third kappa shape index (κ3) is 3.57. The molecule has 6 heteroatoms. The van der Waals surface area contributed by atoms with Gasteiger partial charge < -0.3 is 9.47 Å². The number of hydrogen-bond donors (Lipinski definition) is 0. The van der Waals surface area contributed by atoms with Crippen molar-refractivity contribution >= 4 is 10.0 Å². The number of aryl methyl sites for hydroxylation is 1. The van der Waals surface area contributed by atoms with E-state index in [0.717, 1.165) is 22.3 Å². The summed E-state index contributed by atoms with van der Waals surface area (Å²) >= 11 is 0. The highest BCUT2D eigenvalue weighted by Crippen LogP contribution is 2.35. The van der Waals surface area contributed by atoms with Crippen LogP contribution in [0.3, 0.4) is 0 Å². The van der Waals surface area contributed by atoms with Crippen molar-refractivity contribution in [2.24, 2.45) is 0 Å². The van der Waals surface area contributed by atoms with Crippen LogP contribution in [-0.4, -0.2) is 33.0 Å². The highest BCUT2D eigenvalue weighted by atomic mass is 32.2. The molecule has 5 nitrogen and oxygen atoms in total. The van der Waals surface area contributed by atoms with Crippen LogP contribution in [0.15, 0.2) is 36.4 Å². The van der Waals surface area contributed by atoms with Gasteiger partial charge in [-0.25, -0.2) is 8.42 Å². The lowest BCUT2D eigenvalue weighted by Crippen LogP contribution is -2.43. The van der Waals surface area contributed by atoms with Gasteiger partial charge in [0.15, 0.2) is 11.5 Å². The zero-order valence-corrected chi connectivity index (χ0v) is 16.5. The lowest BCUT2D eigenvalue weighted by Gasteiger charge is -2.34. The third-order valence-corrected chi connectivity index (χ3v) is 6.87. The summed E-state index contributed by atoms with van der Waals surface area (Å²) in [5.74, 6) is 1.32. The summed E-state index contributed by atoms with van der Waals surface area (Å²) in [5, 5.41) is 0. The Bertz CT molecular complexity index is 908. The molecule has 1 aliphatic heterocycles. The van der Waals surface area contributed by atoms with Gasteiger partial charge >= 0.3 is 0 Å². The van der Waals surface area contributed by atoms with Crippen molar-refractivity contribution in [1.29, 1.82) is 0 Å². The fourth-order valence-corrected chi connectivity index (χ4v) is 5.31. The fourth-order valence-electron chi connectivity index (χ4n) is 3.47. The van der Waals surface area contributed by atoms with Crippen molar-refractivity contribution in [3.8, 4) is 11.5 Å². The van der Waals surface area contributed by atoms with Crippen molar-refractivity contribution in [2.75, 3.05) is 14.2 Å². The van der Waals surface area contributed by atoms with Crippen LogP contribution in [0, 0.1) is 6.92 Å². The van der Waals surface area contributed by atoms with Gasteiger partial charge in [0.05, 0.1) is 20.0 Å². The molecule has 0 fully saturated rings. The predicted molar refractivity (Wildman–Crippen MR) is 102 cm³/mol. The first kappa shape index (κ1) is 18.7. The SMILES string of the molecule is COc1cc2c(cc1OC)CN(S(=O)(=O)Cc1ccccc1C)C(C)C2. The average Bonchev–Trinajstić information content (AvgIpc) is 2.61. The first-order valence-corrected chi connectivity index (χ1v) is 10.2. The van der Waals surface area contributed by atoms with Gasteiger partial charge in [0, 0.05) is 12.6 Å². The molecule has 0 N–H and O–H groups in total. The summed E-state index contributed by atoms with van der Waals surface area (Å²) in [6.07, 6.45) is 0.655. The number of nitrogens with zero attached hydrogens (tertiary/aromatic N) is 1. The molecule has 140 valence electrons. The van der Waals surface area contributed by atoms with Gasteiger partial charge in [0.1, 0.15) is 0 Å². The zero-order chi connectivity index (χ0) is 18.9. The number of fused-ring (bicyclic) bond motifs is 1. The van der Waals surface area contributed by atoms with E-state index in [9.17, 15) is 8.42 Å². The molecular weight excluding hydrogens is 350 g/mol. The zero-order valence-electron chi connectivity index (χ0n) is 15.7. The van der Waals surface area contributed by atoms with Crippen LogP contribution < -0.4 is 9.47 Å². The molecule has 3 rings (SSSR count). The molecule has 0 saturated carbocycles. The maximum atomic E-state index is 13.1. The van der Waals surface area contributed by atoms with Gasteiger partial charge in [-0.1, -0.05) is 24.3 Å². The van der Waals surface area contributed by atoms with E-state index >= 15 is 0 Å². The molecular formula is C20H25NO4S. The van der Waals surface area contributed by atoms with E-state index in [0.29, 0.717) is 24.5 Å². The molecule has 0 radical (unpaired) electrons. The second kappa shape index (κ2) is 7.29. The van der Waals surface area contributed by atoms with Crippen LogP contribution in [0.1, 0.15) is 29.2 Å². The van der Waals surface area contributed by atoms with E-state index in [4.69, 9.17) is 9.47 Å². The minimum absolute atomic E-state index is 0.0205. The molecule has 0 aliphatic carbocycles. The lowest BCUT2D eigenvalue weighted by atomic mass is 9.96. The summed E-state index contributed by atoms with van der Waals surface area (Å²) in [6.45, 7) is 4.25. The Morgan fingerprint density at radius 1 is 1.08 bits per heavy atom. The summed E-state index contributed by atoms with van der Waals surface area (Å²) < 4.78 is 38.5. The van der Waals surface area contributed by atoms with E-state index in [1.165, 1.54) is 0 Å². The molecule has 26 heavy (non-hydrogen) atoms. The molecule has 1 unspecified atom stereocenters. The highest BCUT2D eigenvalue weighted by Gasteiger charge is 2.33. The van der Waals surface area contributed by atoms with Crippen molar-refractivity contribution in [3.63, 3.8) is 0 Å². The van der Waals surface area contributed by atoms with Gasteiger partial charge in [-0.15, -0.1) is 0 Å². The van der Waals surface area contributed by atoms with E-state index in [2.05, 4.69) is 0 Å². The van der Waals surface area contributed by atoms with Gasteiger partial charge in [0.2, 0.25) is 10.0 Å². The largest absolute Gasteiger partial charge is 0.493 e. The smallest absolute Gasteiger partial charge is 0.218 e. The number of rotatable bonds is 5. The topological polar surface area (TPSA) is 55.8 Å². The van der Waals surface area contributed by atoms with Crippen molar-refractivity contribution in [3.05, 3.63) is 58.7 Å². The van der Waals surface area contributed by atoms with Crippen LogP contribution in [0.5, 0.6) is 11.5 Å². The minimum atomic E-state index is -3.42. The summed E-state index contributed by atoms with van der Waals surface area (Å²) in [6, 6.07) is 11.4. The maximum Gasteiger partial charge on any atom is 0.218 e. The second-order valence-electron chi connectivity index (χ2n) is 6.76. The highest BCUT2D eigenvalue weighted by molar-refractivity contribution is 7.88. The molecule has 2 aromatic carbocycles. The van der Waals surface area contributed by atoms with Gasteiger partial charge in [-0.2, -0.15) is 4.31 Å². The summed E-state index contributed by atoms with van der Waals surface area (Å²) in [7, 11) is -0.232. The predicted octanol–water partition coefficient (Wildman–Crippen LogP) is 3.29. The monoisotopic (exact) mass is 375 g/mol. The van der Waals surface area contributed by atoms with Crippen LogP contribution in [0.25, 0.3) is 0 Å². The first-order chi connectivity index (χ1) is 12.4. The molecule has 2 aromatic rings. The van der Waals surface area contributed by atoms with Crippen molar-refractivity contribution < 1.29 is 17.9 Å². The van der Waals surface area contributed by atoms with Gasteiger partial charge in [-0.3, -0.25) is 0 Å². The van der Waals surface area contributed by atoms with Crippen molar-refractivity contribution in [2.45, 2.75) is 38.6 Å². The van der Waals surface area contributed by atoms with Crippen LogP contribution in [-0.2, 0) is 28.7 Å². The Hall–Kier alpha value is -2.05. The normalized spacial score (nSPS) is 17.6. The van der Waals surface area contributed by atoms with Crippen molar-refractivity contribution in [1.82, 2.24) is 4.31 Å².